The fourth-order valence-electron chi connectivity index (χ4n) is 1.99. The number of hydrogen-bond acceptors (Lipinski definition) is 1. The molecule has 0 rings (SSSR count). The van der Waals surface area contributed by atoms with E-state index in [2.05, 4.69) is 20.8 Å². The van der Waals surface area contributed by atoms with Crippen LogP contribution in [0.3, 0.4) is 0 Å². The average molecular weight is 228 g/mol. The van der Waals surface area contributed by atoms with E-state index in [4.69, 9.17) is 4.74 Å². The second-order valence-corrected chi connectivity index (χ2v) is 5.49. The minimum absolute atomic E-state index is 0.450. The highest BCUT2D eigenvalue weighted by atomic mass is 16.5. The monoisotopic (exact) mass is 228 g/mol. The van der Waals surface area contributed by atoms with Crippen molar-refractivity contribution in [3.63, 3.8) is 0 Å². The molecule has 0 aliphatic heterocycles. The van der Waals surface area contributed by atoms with Crippen LogP contribution >= 0.6 is 0 Å². The molecular weight excluding hydrogens is 196 g/mol. The van der Waals surface area contributed by atoms with Gasteiger partial charge in [-0.3, -0.25) is 0 Å². The molecule has 0 spiro atoms. The Morgan fingerprint density at radius 2 is 1.12 bits per heavy atom. The molecule has 0 radical (unpaired) electrons. The molecule has 16 heavy (non-hydrogen) atoms. The van der Waals surface area contributed by atoms with Gasteiger partial charge in [-0.15, -0.1) is 0 Å². The van der Waals surface area contributed by atoms with Crippen molar-refractivity contribution in [1.82, 2.24) is 0 Å². The molecule has 1 heteroatoms. The summed E-state index contributed by atoms with van der Waals surface area (Å²) < 4.78 is 5.23. The topological polar surface area (TPSA) is 9.23 Å². The zero-order chi connectivity index (χ0) is 12.2. The lowest BCUT2D eigenvalue weighted by Gasteiger charge is -2.08. The molecule has 0 aromatic heterocycles. The number of ether oxygens (including phenoxy) is 1. The van der Waals surface area contributed by atoms with Gasteiger partial charge in [-0.25, -0.2) is 0 Å². The van der Waals surface area contributed by atoms with Crippen LogP contribution in [0.2, 0.25) is 0 Å². The van der Waals surface area contributed by atoms with Crippen molar-refractivity contribution in [2.45, 2.75) is 84.7 Å². The summed E-state index contributed by atoms with van der Waals surface area (Å²) in [7, 11) is 1.80. The van der Waals surface area contributed by atoms with Crippen LogP contribution in [0.15, 0.2) is 0 Å². The lowest BCUT2D eigenvalue weighted by molar-refractivity contribution is 0.108. The minimum atomic E-state index is 0.450. The summed E-state index contributed by atoms with van der Waals surface area (Å²) in [6.07, 6.45) is 13.0. The third-order valence-electron chi connectivity index (χ3n) is 3.29. The molecule has 0 N–H and O–H groups in total. The second kappa shape index (κ2) is 11.4. The van der Waals surface area contributed by atoms with E-state index < -0.39 is 0 Å². The van der Waals surface area contributed by atoms with Gasteiger partial charge in [-0.05, 0) is 19.3 Å². The molecule has 0 heterocycles. The molecule has 0 aromatic rings. The van der Waals surface area contributed by atoms with Crippen molar-refractivity contribution in [3.8, 4) is 0 Å². The van der Waals surface area contributed by atoms with Crippen LogP contribution in [0.25, 0.3) is 0 Å². The highest BCUT2D eigenvalue weighted by molar-refractivity contribution is 4.52. The van der Waals surface area contributed by atoms with Crippen LogP contribution < -0.4 is 0 Å². The van der Waals surface area contributed by atoms with Crippen LogP contribution in [0.5, 0.6) is 0 Å². The summed E-state index contributed by atoms with van der Waals surface area (Å²) in [5.74, 6) is 0.885. The zero-order valence-electron chi connectivity index (χ0n) is 11.9. The molecule has 1 unspecified atom stereocenters. The molecule has 98 valence electrons. The van der Waals surface area contributed by atoms with E-state index in [1.54, 1.807) is 7.11 Å². The maximum atomic E-state index is 5.23. The Morgan fingerprint density at radius 1 is 0.688 bits per heavy atom. The van der Waals surface area contributed by atoms with Gasteiger partial charge in [0.1, 0.15) is 0 Å². The lowest BCUT2D eigenvalue weighted by atomic mass is 10.0. The van der Waals surface area contributed by atoms with Gasteiger partial charge >= 0.3 is 0 Å². The quantitative estimate of drug-likeness (QED) is 0.442. The predicted molar refractivity (Wildman–Crippen MR) is 72.9 cm³/mol. The summed E-state index contributed by atoms with van der Waals surface area (Å²) in [5, 5.41) is 0. The average Bonchev–Trinajstić information content (AvgIpc) is 2.26. The zero-order valence-corrected chi connectivity index (χ0v) is 11.9. The summed E-state index contributed by atoms with van der Waals surface area (Å²) in [4.78, 5) is 0. The molecule has 0 saturated carbocycles. The van der Waals surface area contributed by atoms with E-state index in [-0.39, 0.29) is 0 Å². The lowest BCUT2D eigenvalue weighted by Crippen LogP contribution is -2.03. The van der Waals surface area contributed by atoms with Gasteiger partial charge in [0.25, 0.3) is 0 Å². The number of hydrogen-bond donors (Lipinski definition) is 0. The van der Waals surface area contributed by atoms with Crippen LogP contribution in [0, 0.1) is 5.92 Å². The third-order valence-corrected chi connectivity index (χ3v) is 3.29. The Hall–Kier alpha value is -0.0400. The van der Waals surface area contributed by atoms with Crippen molar-refractivity contribution in [3.05, 3.63) is 0 Å². The standard InChI is InChI=1S/C15H32O/c1-14(2)12-10-8-6-5-7-9-11-13-15(3)16-4/h14-15H,5-13H2,1-4H3. The Bertz CT molecular complexity index is 131. The highest BCUT2D eigenvalue weighted by Gasteiger charge is 1.98. The van der Waals surface area contributed by atoms with Gasteiger partial charge in [-0.2, -0.15) is 0 Å². The first-order valence-corrected chi connectivity index (χ1v) is 7.19. The normalized spacial score (nSPS) is 13.3. The third kappa shape index (κ3) is 12.0. The number of rotatable bonds is 11. The Morgan fingerprint density at radius 3 is 1.56 bits per heavy atom. The number of methoxy groups -OCH3 is 1. The van der Waals surface area contributed by atoms with E-state index in [1.807, 2.05) is 0 Å². The van der Waals surface area contributed by atoms with Gasteiger partial charge in [0.2, 0.25) is 0 Å². The van der Waals surface area contributed by atoms with E-state index in [9.17, 15) is 0 Å². The molecular formula is C15H32O. The Labute approximate surface area is 103 Å². The molecule has 0 amide bonds. The van der Waals surface area contributed by atoms with Crippen molar-refractivity contribution >= 4 is 0 Å². The molecule has 0 aliphatic carbocycles. The van der Waals surface area contributed by atoms with Gasteiger partial charge in [0.05, 0.1) is 6.10 Å². The molecule has 0 aromatic carbocycles. The molecule has 1 atom stereocenters. The van der Waals surface area contributed by atoms with Crippen molar-refractivity contribution in [1.29, 1.82) is 0 Å². The molecule has 1 nitrogen and oxygen atoms in total. The number of unbranched alkanes of at least 4 members (excludes halogenated alkanes) is 6. The van der Waals surface area contributed by atoms with Crippen LogP contribution in [-0.2, 0) is 4.74 Å². The second-order valence-electron chi connectivity index (χ2n) is 5.49. The van der Waals surface area contributed by atoms with Crippen LogP contribution in [0.1, 0.15) is 78.6 Å². The largest absolute Gasteiger partial charge is 0.382 e. The Balaban J connectivity index is 2.99. The fourth-order valence-corrected chi connectivity index (χ4v) is 1.99. The van der Waals surface area contributed by atoms with Gasteiger partial charge in [0, 0.05) is 7.11 Å². The van der Waals surface area contributed by atoms with E-state index >= 15 is 0 Å². The molecule has 0 aliphatic rings. The molecule has 0 fully saturated rings. The van der Waals surface area contributed by atoms with Crippen molar-refractivity contribution in [2.75, 3.05) is 7.11 Å². The molecule has 0 saturated heterocycles. The smallest absolute Gasteiger partial charge is 0.0543 e. The van der Waals surface area contributed by atoms with Gasteiger partial charge in [0.15, 0.2) is 0 Å². The van der Waals surface area contributed by atoms with Crippen LogP contribution in [0.4, 0.5) is 0 Å². The van der Waals surface area contributed by atoms with Crippen molar-refractivity contribution in [2.24, 2.45) is 5.92 Å². The van der Waals surface area contributed by atoms with Crippen molar-refractivity contribution < 1.29 is 4.74 Å². The Kier molecular flexibility index (Phi) is 11.4. The highest BCUT2D eigenvalue weighted by Crippen LogP contribution is 2.13. The summed E-state index contributed by atoms with van der Waals surface area (Å²) >= 11 is 0. The van der Waals surface area contributed by atoms with Gasteiger partial charge in [-0.1, -0.05) is 65.2 Å². The van der Waals surface area contributed by atoms with E-state index in [0.717, 1.165) is 5.92 Å². The SMILES string of the molecule is COC(C)CCCCCCCCCC(C)C. The molecule has 0 bridgehead atoms. The summed E-state index contributed by atoms with van der Waals surface area (Å²) in [6, 6.07) is 0. The summed E-state index contributed by atoms with van der Waals surface area (Å²) in [6.45, 7) is 6.79. The first kappa shape index (κ1) is 16.0. The fraction of sp³-hybridized carbons (Fsp3) is 1.00. The minimum Gasteiger partial charge on any atom is -0.382 e. The van der Waals surface area contributed by atoms with E-state index in [0.29, 0.717) is 6.10 Å². The first-order valence-electron chi connectivity index (χ1n) is 7.19. The predicted octanol–water partition coefficient (Wildman–Crippen LogP) is 5.19. The van der Waals surface area contributed by atoms with Crippen LogP contribution in [-0.4, -0.2) is 13.2 Å². The maximum Gasteiger partial charge on any atom is 0.0543 e. The maximum absolute atomic E-state index is 5.23. The summed E-state index contributed by atoms with van der Waals surface area (Å²) in [5.41, 5.74) is 0. The van der Waals surface area contributed by atoms with Gasteiger partial charge < -0.3 is 4.74 Å². The van der Waals surface area contributed by atoms with E-state index in [1.165, 1.54) is 57.8 Å². The first-order chi connectivity index (χ1) is 7.66.